The number of aliphatic hydroxyl groups is 1. The van der Waals surface area contributed by atoms with Gasteiger partial charge in [-0.1, -0.05) is 46.4 Å². The van der Waals surface area contributed by atoms with Gasteiger partial charge >= 0.3 is 0 Å². The van der Waals surface area contributed by atoms with Crippen LogP contribution in [-0.2, 0) is 0 Å². The van der Waals surface area contributed by atoms with Crippen molar-refractivity contribution in [2.45, 2.75) is 44.2 Å². The molecule has 1 saturated heterocycles. The van der Waals surface area contributed by atoms with Gasteiger partial charge in [0.05, 0.1) is 6.61 Å². The highest BCUT2D eigenvalue weighted by molar-refractivity contribution is 9.10. The molecule has 0 spiro atoms. The highest BCUT2D eigenvalue weighted by Crippen LogP contribution is 2.27. The van der Waals surface area contributed by atoms with Gasteiger partial charge in [0.2, 0.25) is 0 Å². The van der Waals surface area contributed by atoms with Crippen LogP contribution in [0.5, 0.6) is 0 Å². The maximum atomic E-state index is 9.54. The molecule has 1 aliphatic heterocycles. The van der Waals surface area contributed by atoms with E-state index < -0.39 is 0 Å². The molecule has 0 aliphatic carbocycles. The monoisotopic (exact) mass is 374 g/mol. The van der Waals surface area contributed by atoms with Gasteiger partial charge in [0.1, 0.15) is 0 Å². The van der Waals surface area contributed by atoms with Gasteiger partial charge in [-0.3, -0.25) is 4.90 Å². The SMILES string of the molecule is NC(CCN1CCCCCC1CO)c1ccc(Br)cc1Cl. The van der Waals surface area contributed by atoms with E-state index in [-0.39, 0.29) is 12.6 Å². The summed E-state index contributed by atoms with van der Waals surface area (Å²) < 4.78 is 0.969. The van der Waals surface area contributed by atoms with Crippen LogP contribution in [0, 0.1) is 0 Å². The minimum Gasteiger partial charge on any atom is -0.395 e. The van der Waals surface area contributed by atoms with E-state index in [4.69, 9.17) is 17.3 Å². The van der Waals surface area contributed by atoms with Crippen molar-refractivity contribution in [1.29, 1.82) is 0 Å². The van der Waals surface area contributed by atoms with Crippen LogP contribution in [0.1, 0.15) is 43.7 Å². The number of nitrogens with two attached hydrogens (primary N) is 1. The van der Waals surface area contributed by atoms with E-state index in [0.29, 0.717) is 11.1 Å². The van der Waals surface area contributed by atoms with Gasteiger partial charge in [0.15, 0.2) is 0 Å². The van der Waals surface area contributed by atoms with E-state index in [1.807, 2.05) is 18.2 Å². The normalized spacial score (nSPS) is 22.0. The molecular weight excluding hydrogens is 352 g/mol. The first-order valence-electron chi connectivity index (χ1n) is 7.67. The summed E-state index contributed by atoms with van der Waals surface area (Å²) in [7, 11) is 0. The van der Waals surface area contributed by atoms with Crippen molar-refractivity contribution in [3.8, 4) is 0 Å². The molecule has 21 heavy (non-hydrogen) atoms. The van der Waals surface area contributed by atoms with Crippen LogP contribution in [0.25, 0.3) is 0 Å². The van der Waals surface area contributed by atoms with Crippen molar-refractivity contribution in [2.24, 2.45) is 5.73 Å². The first kappa shape index (κ1) is 17.2. The summed E-state index contributed by atoms with van der Waals surface area (Å²) in [6, 6.07) is 6.08. The van der Waals surface area contributed by atoms with Crippen LogP contribution in [-0.4, -0.2) is 35.7 Å². The maximum Gasteiger partial charge on any atom is 0.0586 e. The molecule has 1 aromatic rings. The standard InChI is InChI=1S/C16H24BrClN2O/c17-12-5-6-14(15(18)10-12)16(19)7-9-20-8-3-1-2-4-13(20)11-21/h5-6,10,13,16,21H,1-4,7-9,11,19H2. The molecule has 0 amide bonds. The first-order chi connectivity index (χ1) is 10.1. The summed E-state index contributed by atoms with van der Waals surface area (Å²) in [6.07, 6.45) is 5.64. The van der Waals surface area contributed by atoms with Crippen molar-refractivity contribution in [3.63, 3.8) is 0 Å². The molecule has 0 aromatic heterocycles. The van der Waals surface area contributed by atoms with E-state index in [9.17, 15) is 5.11 Å². The molecule has 0 bridgehead atoms. The van der Waals surface area contributed by atoms with Crippen LogP contribution >= 0.6 is 27.5 Å². The minimum atomic E-state index is -0.0619. The van der Waals surface area contributed by atoms with E-state index in [1.54, 1.807) is 0 Å². The van der Waals surface area contributed by atoms with Crippen LogP contribution < -0.4 is 5.73 Å². The van der Waals surface area contributed by atoms with Crippen molar-refractivity contribution >= 4 is 27.5 Å². The van der Waals surface area contributed by atoms with Gasteiger partial charge in [0, 0.05) is 28.1 Å². The fraction of sp³-hybridized carbons (Fsp3) is 0.625. The van der Waals surface area contributed by atoms with E-state index in [1.165, 1.54) is 19.3 Å². The predicted octanol–water partition coefficient (Wildman–Crippen LogP) is 3.73. The molecule has 2 rings (SSSR count). The van der Waals surface area contributed by atoms with Gasteiger partial charge in [-0.15, -0.1) is 0 Å². The number of hydrogen-bond acceptors (Lipinski definition) is 3. The average molecular weight is 376 g/mol. The number of hydrogen-bond donors (Lipinski definition) is 2. The highest BCUT2D eigenvalue weighted by Gasteiger charge is 2.21. The molecule has 1 aromatic carbocycles. The lowest BCUT2D eigenvalue weighted by molar-refractivity contribution is 0.121. The summed E-state index contributed by atoms with van der Waals surface area (Å²) in [5.74, 6) is 0. The Hall–Kier alpha value is -0.130. The largest absolute Gasteiger partial charge is 0.395 e. The Balaban J connectivity index is 1.94. The van der Waals surface area contributed by atoms with E-state index >= 15 is 0 Å². The quantitative estimate of drug-likeness (QED) is 0.824. The number of nitrogens with zero attached hydrogens (tertiary/aromatic N) is 1. The Bertz CT molecular complexity index is 458. The number of halogens is 2. The molecule has 5 heteroatoms. The second-order valence-electron chi connectivity index (χ2n) is 5.78. The van der Waals surface area contributed by atoms with Gasteiger partial charge in [-0.25, -0.2) is 0 Å². The zero-order valence-corrected chi connectivity index (χ0v) is 14.6. The molecule has 0 saturated carbocycles. The lowest BCUT2D eigenvalue weighted by atomic mass is 10.0. The number of benzene rings is 1. The van der Waals surface area contributed by atoms with Crippen LogP contribution in [0.4, 0.5) is 0 Å². The fourth-order valence-electron chi connectivity index (χ4n) is 3.00. The van der Waals surface area contributed by atoms with Crippen LogP contribution in [0.2, 0.25) is 5.02 Å². The summed E-state index contributed by atoms with van der Waals surface area (Å²) in [5.41, 5.74) is 7.30. The zero-order chi connectivity index (χ0) is 15.2. The molecule has 2 atom stereocenters. The van der Waals surface area contributed by atoms with Gasteiger partial charge in [0.25, 0.3) is 0 Å². The van der Waals surface area contributed by atoms with Gasteiger partial charge in [-0.05, 0) is 43.5 Å². The fourth-order valence-corrected chi connectivity index (χ4v) is 3.81. The summed E-state index contributed by atoms with van der Waals surface area (Å²) >= 11 is 9.68. The second-order valence-corrected chi connectivity index (χ2v) is 7.11. The zero-order valence-electron chi connectivity index (χ0n) is 12.3. The Morgan fingerprint density at radius 3 is 2.90 bits per heavy atom. The first-order valence-corrected chi connectivity index (χ1v) is 8.84. The molecule has 0 radical (unpaired) electrons. The molecule has 1 heterocycles. The number of rotatable bonds is 5. The predicted molar refractivity (Wildman–Crippen MR) is 91.6 cm³/mol. The lowest BCUT2D eigenvalue weighted by Gasteiger charge is -2.29. The molecule has 118 valence electrons. The molecular formula is C16H24BrClN2O. The Kier molecular flexibility index (Phi) is 6.96. The molecule has 3 N–H and O–H groups in total. The van der Waals surface area contributed by atoms with Crippen LogP contribution in [0.15, 0.2) is 22.7 Å². The molecule has 1 aliphatic rings. The minimum absolute atomic E-state index is 0.0619. The summed E-state index contributed by atoms with van der Waals surface area (Å²) in [4.78, 5) is 2.39. The van der Waals surface area contributed by atoms with Crippen molar-refractivity contribution in [2.75, 3.05) is 19.7 Å². The number of likely N-dealkylation sites (tertiary alicyclic amines) is 1. The Morgan fingerprint density at radius 2 is 2.19 bits per heavy atom. The summed E-state index contributed by atoms with van der Waals surface area (Å²) in [5, 5.41) is 10.3. The van der Waals surface area contributed by atoms with E-state index in [0.717, 1.165) is 36.0 Å². The third kappa shape index (κ3) is 4.93. The second kappa shape index (κ2) is 8.49. The maximum absolute atomic E-state index is 9.54. The average Bonchev–Trinajstić information content (AvgIpc) is 2.69. The highest BCUT2D eigenvalue weighted by atomic mass is 79.9. The van der Waals surface area contributed by atoms with E-state index in [2.05, 4.69) is 20.8 Å². The Morgan fingerprint density at radius 1 is 1.38 bits per heavy atom. The van der Waals surface area contributed by atoms with Crippen LogP contribution in [0.3, 0.4) is 0 Å². The van der Waals surface area contributed by atoms with Crippen molar-refractivity contribution < 1.29 is 5.11 Å². The molecule has 1 fully saturated rings. The van der Waals surface area contributed by atoms with Crippen molar-refractivity contribution in [3.05, 3.63) is 33.3 Å². The lowest BCUT2D eigenvalue weighted by Crippen LogP contribution is -2.39. The van der Waals surface area contributed by atoms with Gasteiger partial charge < -0.3 is 10.8 Å². The Labute approximate surface area is 140 Å². The van der Waals surface area contributed by atoms with Crippen molar-refractivity contribution in [1.82, 2.24) is 4.90 Å². The third-order valence-electron chi connectivity index (χ3n) is 4.30. The molecule has 2 unspecified atom stereocenters. The number of aliphatic hydroxyl groups excluding tert-OH is 1. The summed E-state index contributed by atoms with van der Waals surface area (Å²) in [6.45, 7) is 2.22. The van der Waals surface area contributed by atoms with Gasteiger partial charge in [-0.2, -0.15) is 0 Å². The smallest absolute Gasteiger partial charge is 0.0586 e. The molecule has 3 nitrogen and oxygen atoms in total. The topological polar surface area (TPSA) is 49.5 Å². The third-order valence-corrected chi connectivity index (χ3v) is 5.12.